The van der Waals surface area contributed by atoms with Crippen molar-refractivity contribution in [3.8, 4) is 0 Å². The van der Waals surface area contributed by atoms with Crippen LogP contribution in [0, 0.1) is 5.92 Å². The van der Waals surface area contributed by atoms with E-state index < -0.39 is 10.0 Å². The van der Waals surface area contributed by atoms with E-state index in [4.69, 9.17) is 16.0 Å². The van der Waals surface area contributed by atoms with Crippen LogP contribution in [0.3, 0.4) is 0 Å². The van der Waals surface area contributed by atoms with Crippen molar-refractivity contribution >= 4 is 27.5 Å². The number of likely N-dealkylation sites (tertiary alicyclic amines) is 1. The minimum absolute atomic E-state index is 0.0412. The zero-order chi connectivity index (χ0) is 18.6. The van der Waals surface area contributed by atoms with E-state index in [-0.39, 0.29) is 17.6 Å². The second-order valence-electron chi connectivity index (χ2n) is 6.48. The molecule has 0 unspecified atom stereocenters. The number of halogens is 1. The molecule has 1 N–H and O–H groups in total. The van der Waals surface area contributed by atoms with Crippen LogP contribution in [0.2, 0.25) is 5.02 Å². The first kappa shape index (κ1) is 18.9. The van der Waals surface area contributed by atoms with Gasteiger partial charge in [0.1, 0.15) is 6.26 Å². The summed E-state index contributed by atoms with van der Waals surface area (Å²) in [6.45, 7) is 1.63. The average molecular weight is 397 g/mol. The van der Waals surface area contributed by atoms with E-state index in [2.05, 4.69) is 4.72 Å². The smallest absolute Gasteiger partial charge is 0.257 e. The number of carbonyl (C=O) groups is 1. The van der Waals surface area contributed by atoms with Gasteiger partial charge in [0, 0.05) is 24.7 Å². The van der Waals surface area contributed by atoms with Gasteiger partial charge < -0.3 is 9.32 Å². The molecule has 0 bridgehead atoms. The summed E-state index contributed by atoms with van der Waals surface area (Å²) in [5.41, 5.74) is 1.24. The summed E-state index contributed by atoms with van der Waals surface area (Å²) in [5.74, 6) is 0.117. The molecule has 2 aromatic rings. The quantitative estimate of drug-likeness (QED) is 0.814. The van der Waals surface area contributed by atoms with Crippen molar-refractivity contribution < 1.29 is 17.6 Å². The predicted octanol–water partition coefficient (Wildman–Crippen LogP) is 2.90. The SMILES string of the molecule is O=C(c1ccoc1)N1CCC(CNS(=O)(=O)Cc2ccc(Cl)cc2)CC1. The van der Waals surface area contributed by atoms with E-state index in [1.807, 2.05) is 0 Å². The molecule has 1 aliphatic heterocycles. The molecule has 1 aromatic heterocycles. The van der Waals surface area contributed by atoms with Crippen LogP contribution in [0.5, 0.6) is 0 Å². The first-order chi connectivity index (χ1) is 12.4. The van der Waals surface area contributed by atoms with Gasteiger partial charge in [-0.15, -0.1) is 0 Å². The molecule has 1 amide bonds. The number of benzene rings is 1. The second-order valence-corrected chi connectivity index (χ2v) is 8.72. The van der Waals surface area contributed by atoms with E-state index in [0.29, 0.717) is 35.8 Å². The molecule has 26 heavy (non-hydrogen) atoms. The number of hydrogen-bond acceptors (Lipinski definition) is 4. The van der Waals surface area contributed by atoms with Crippen molar-refractivity contribution in [3.63, 3.8) is 0 Å². The topological polar surface area (TPSA) is 79.6 Å². The van der Waals surface area contributed by atoms with Crippen molar-refractivity contribution in [2.45, 2.75) is 18.6 Å². The molecule has 0 radical (unpaired) electrons. The van der Waals surface area contributed by atoms with Gasteiger partial charge in [0.15, 0.2) is 0 Å². The Morgan fingerprint density at radius 2 is 1.88 bits per heavy atom. The summed E-state index contributed by atoms with van der Waals surface area (Å²) in [6, 6.07) is 8.43. The number of nitrogens with one attached hydrogen (secondary N) is 1. The summed E-state index contributed by atoms with van der Waals surface area (Å²) in [7, 11) is -3.40. The molecular weight excluding hydrogens is 376 g/mol. The molecule has 1 saturated heterocycles. The van der Waals surface area contributed by atoms with Crippen LogP contribution in [0.15, 0.2) is 47.3 Å². The number of hydrogen-bond donors (Lipinski definition) is 1. The third kappa shape index (κ3) is 5.09. The highest BCUT2D eigenvalue weighted by Gasteiger charge is 2.25. The molecule has 0 atom stereocenters. The number of nitrogens with zero attached hydrogens (tertiary/aromatic N) is 1. The summed E-state index contributed by atoms with van der Waals surface area (Å²) >= 11 is 5.81. The highest BCUT2D eigenvalue weighted by Crippen LogP contribution is 2.19. The number of furan rings is 1. The van der Waals surface area contributed by atoms with Gasteiger partial charge in [0.2, 0.25) is 10.0 Å². The maximum Gasteiger partial charge on any atom is 0.257 e. The Hall–Kier alpha value is -1.83. The first-order valence-corrected chi connectivity index (χ1v) is 10.5. The lowest BCUT2D eigenvalue weighted by atomic mass is 9.97. The van der Waals surface area contributed by atoms with E-state index >= 15 is 0 Å². The van der Waals surface area contributed by atoms with Crippen LogP contribution in [0.1, 0.15) is 28.8 Å². The molecule has 8 heteroatoms. The largest absolute Gasteiger partial charge is 0.472 e. The fraction of sp³-hybridized carbons (Fsp3) is 0.389. The molecular formula is C18H21ClN2O4S. The molecule has 1 fully saturated rings. The maximum absolute atomic E-state index is 12.3. The monoisotopic (exact) mass is 396 g/mol. The Kier molecular flexibility index (Phi) is 6.01. The standard InChI is InChI=1S/C18H21ClN2O4S/c19-17-3-1-15(2-4-17)13-26(23,24)20-11-14-5-8-21(9-6-14)18(22)16-7-10-25-12-16/h1-4,7,10,12,14,20H,5-6,8-9,11,13H2. The predicted molar refractivity (Wildman–Crippen MR) is 99.4 cm³/mol. The van der Waals surface area contributed by atoms with Crippen molar-refractivity contribution in [2.75, 3.05) is 19.6 Å². The van der Waals surface area contributed by atoms with Crippen LogP contribution in [-0.4, -0.2) is 38.9 Å². The number of piperidine rings is 1. The Morgan fingerprint density at radius 3 is 2.50 bits per heavy atom. The van der Waals surface area contributed by atoms with Crippen molar-refractivity contribution in [1.29, 1.82) is 0 Å². The lowest BCUT2D eigenvalue weighted by molar-refractivity contribution is 0.0691. The van der Waals surface area contributed by atoms with Gasteiger partial charge in [-0.25, -0.2) is 13.1 Å². The number of rotatable bonds is 6. The van der Waals surface area contributed by atoms with Gasteiger partial charge in [0.05, 0.1) is 17.6 Å². The third-order valence-corrected chi connectivity index (χ3v) is 6.10. The number of carbonyl (C=O) groups excluding carboxylic acids is 1. The molecule has 0 spiro atoms. The van der Waals surface area contributed by atoms with Gasteiger partial charge in [-0.2, -0.15) is 0 Å². The number of amides is 1. The van der Waals surface area contributed by atoms with Crippen LogP contribution < -0.4 is 4.72 Å². The van der Waals surface area contributed by atoms with Crippen LogP contribution in [0.4, 0.5) is 0 Å². The molecule has 1 aliphatic rings. The highest BCUT2D eigenvalue weighted by molar-refractivity contribution is 7.88. The fourth-order valence-electron chi connectivity index (χ4n) is 3.00. The van der Waals surface area contributed by atoms with E-state index in [0.717, 1.165) is 12.8 Å². The Balaban J connectivity index is 1.45. The van der Waals surface area contributed by atoms with E-state index in [1.54, 1.807) is 35.2 Å². The molecule has 1 aromatic carbocycles. The van der Waals surface area contributed by atoms with Gasteiger partial charge >= 0.3 is 0 Å². The van der Waals surface area contributed by atoms with Gasteiger partial charge in [-0.3, -0.25) is 4.79 Å². The summed E-state index contributed by atoms with van der Waals surface area (Å²) in [6.07, 6.45) is 4.47. The summed E-state index contributed by atoms with van der Waals surface area (Å²) < 4.78 is 32.1. The minimum Gasteiger partial charge on any atom is -0.472 e. The first-order valence-electron chi connectivity index (χ1n) is 8.46. The maximum atomic E-state index is 12.3. The zero-order valence-corrected chi connectivity index (χ0v) is 15.8. The molecule has 0 aliphatic carbocycles. The summed E-state index contributed by atoms with van der Waals surface area (Å²) in [4.78, 5) is 14.0. The summed E-state index contributed by atoms with van der Waals surface area (Å²) in [5, 5.41) is 0.579. The molecule has 3 rings (SSSR count). The van der Waals surface area contributed by atoms with E-state index in [1.165, 1.54) is 12.5 Å². The average Bonchev–Trinajstić information content (AvgIpc) is 3.16. The van der Waals surface area contributed by atoms with E-state index in [9.17, 15) is 13.2 Å². The zero-order valence-electron chi connectivity index (χ0n) is 14.2. The molecule has 6 nitrogen and oxygen atoms in total. The van der Waals surface area contributed by atoms with Crippen LogP contribution >= 0.6 is 11.6 Å². The molecule has 2 heterocycles. The number of sulfonamides is 1. The Morgan fingerprint density at radius 1 is 1.19 bits per heavy atom. The lowest BCUT2D eigenvalue weighted by Crippen LogP contribution is -2.41. The third-order valence-electron chi connectivity index (χ3n) is 4.53. The van der Waals surface area contributed by atoms with Gasteiger partial charge in [-0.05, 0) is 42.5 Å². The lowest BCUT2D eigenvalue weighted by Gasteiger charge is -2.31. The van der Waals surface area contributed by atoms with Crippen LogP contribution in [0.25, 0.3) is 0 Å². The van der Waals surface area contributed by atoms with Crippen molar-refractivity contribution in [3.05, 3.63) is 59.0 Å². The van der Waals surface area contributed by atoms with Gasteiger partial charge in [0.25, 0.3) is 5.91 Å². The van der Waals surface area contributed by atoms with Crippen molar-refractivity contribution in [1.82, 2.24) is 9.62 Å². The fourth-order valence-corrected chi connectivity index (χ4v) is 4.35. The minimum atomic E-state index is -3.40. The van der Waals surface area contributed by atoms with Crippen molar-refractivity contribution in [2.24, 2.45) is 5.92 Å². The van der Waals surface area contributed by atoms with Crippen LogP contribution in [-0.2, 0) is 15.8 Å². The van der Waals surface area contributed by atoms with Gasteiger partial charge in [-0.1, -0.05) is 23.7 Å². The molecule has 0 saturated carbocycles. The molecule has 140 valence electrons. The normalized spacial score (nSPS) is 16.0. The highest BCUT2D eigenvalue weighted by atomic mass is 35.5. The Bertz CT molecular complexity index is 827. The second kappa shape index (κ2) is 8.24. The Labute approximate surface area is 158 Å².